The molecule has 0 saturated carbocycles. The van der Waals surface area contributed by atoms with Crippen LogP contribution in [0.5, 0.6) is 5.75 Å². The largest absolute Gasteiger partial charge is 0.496 e. The number of methoxy groups -OCH3 is 1. The van der Waals surface area contributed by atoms with Gasteiger partial charge in [-0.05, 0) is 30.4 Å². The summed E-state index contributed by atoms with van der Waals surface area (Å²) in [7, 11) is 1.60. The lowest BCUT2D eigenvalue weighted by Gasteiger charge is -2.04. The van der Waals surface area contributed by atoms with E-state index in [1.165, 1.54) is 0 Å². The lowest BCUT2D eigenvalue weighted by atomic mass is 10.2. The van der Waals surface area contributed by atoms with Crippen molar-refractivity contribution in [1.29, 1.82) is 0 Å². The molecule has 0 aliphatic rings. The second-order valence-electron chi connectivity index (χ2n) is 2.62. The second-order valence-corrected chi connectivity index (χ2v) is 3.98. The Balaban J connectivity index is 2.87. The van der Waals surface area contributed by atoms with Crippen molar-refractivity contribution in [2.45, 2.75) is 0 Å². The molecule has 0 atom stereocenters. The Bertz CT molecular complexity index is 395. The van der Waals surface area contributed by atoms with Crippen molar-refractivity contribution in [3.8, 4) is 5.75 Å². The predicted molar refractivity (Wildman–Crippen MR) is 68.2 cm³/mol. The maximum atomic E-state index is 5.22. The second kappa shape index (κ2) is 5.67. The minimum Gasteiger partial charge on any atom is -0.496 e. The van der Waals surface area contributed by atoms with Gasteiger partial charge in [-0.3, -0.25) is 5.43 Å². The summed E-state index contributed by atoms with van der Waals surface area (Å²) in [6.45, 7) is 0. The zero-order chi connectivity index (χ0) is 11.3. The molecule has 15 heavy (non-hydrogen) atoms. The molecule has 0 aromatic heterocycles. The van der Waals surface area contributed by atoms with Gasteiger partial charge in [-0.15, -0.1) is 0 Å². The Morgan fingerprint density at radius 3 is 3.00 bits per heavy atom. The van der Waals surface area contributed by atoms with Crippen LogP contribution in [0.3, 0.4) is 0 Å². The summed E-state index contributed by atoms with van der Waals surface area (Å²) in [4.78, 5) is 0. The summed E-state index contributed by atoms with van der Waals surface area (Å²) in [5.41, 5.74) is 8.52. The Morgan fingerprint density at radius 2 is 2.40 bits per heavy atom. The lowest BCUT2D eigenvalue weighted by molar-refractivity contribution is 0.414. The first-order valence-electron chi connectivity index (χ1n) is 4.05. The van der Waals surface area contributed by atoms with Gasteiger partial charge in [0.15, 0.2) is 5.11 Å². The standard InChI is InChI=1S/C9H10BrN3OS/c1-14-8-3-2-7(10)4-6(8)5-12-13-9(11)15/h2-5H,1H3,(H3,11,13,15). The van der Waals surface area contributed by atoms with Gasteiger partial charge in [0.05, 0.1) is 13.3 Å². The summed E-state index contributed by atoms with van der Waals surface area (Å²) in [6.07, 6.45) is 1.59. The van der Waals surface area contributed by atoms with Gasteiger partial charge in [-0.2, -0.15) is 5.10 Å². The van der Waals surface area contributed by atoms with Gasteiger partial charge in [-0.1, -0.05) is 15.9 Å². The molecule has 0 saturated heterocycles. The number of nitrogens with two attached hydrogens (primary N) is 1. The molecule has 1 rings (SSSR count). The zero-order valence-electron chi connectivity index (χ0n) is 8.03. The smallest absolute Gasteiger partial charge is 0.184 e. The lowest BCUT2D eigenvalue weighted by Crippen LogP contribution is -2.24. The summed E-state index contributed by atoms with van der Waals surface area (Å²) >= 11 is 7.97. The first-order chi connectivity index (χ1) is 7.13. The summed E-state index contributed by atoms with van der Waals surface area (Å²) in [5.74, 6) is 0.728. The predicted octanol–water partition coefficient (Wildman–Crippen LogP) is 1.62. The summed E-state index contributed by atoms with van der Waals surface area (Å²) < 4.78 is 6.10. The SMILES string of the molecule is COc1ccc(Br)cc1C=NNC(N)=S. The van der Waals surface area contributed by atoms with E-state index in [0.29, 0.717) is 0 Å². The van der Waals surface area contributed by atoms with Crippen LogP contribution in [0.4, 0.5) is 0 Å². The highest BCUT2D eigenvalue weighted by Crippen LogP contribution is 2.21. The summed E-state index contributed by atoms with van der Waals surface area (Å²) in [6, 6.07) is 5.60. The van der Waals surface area contributed by atoms with Gasteiger partial charge in [0, 0.05) is 10.0 Å². The molecule has 0 amide bonds. The molecule has 0 unspecified atom stereocenters. The van der Waals surface area contributed by atoms with Gasteiger partial charge in [-0.25, -0.2) is 0 Å². The fraction of sp³-hybridized carbons (Fsp3) is 0.111. The van der Waals surface area contributed by atoms with Crippen molar-refractivity contribution < 1.29 is 4.74 Å². The van der Waals surface area contributed by atoms with Crippen LogP contribution in [0, 0.1) is 0 Å². The highest BCUT2D eigenvalue weighted by Gasteiger charge is 2.00. The van der Waals surface area contributed by atoms with Gasteiger partial charge in [0.2, 0.25) is 0 Å². The average molecular weight is 288 g/mol. The number of hydrogen-bond acceptors (Lipinski definition) is 3. The van der Waals surface area contributed by atoms with Crippen LogP contribution in [0.15, 0.2) is 27.8 Å². The number of hydrazone groups is 1. The van der Waals surface area contributed by atoms with E-state index in [9.17, 15) is 0 Å². The highest BCUT2D eigenvalue weighted by atomic mass is 79.9. The first-order valence-corrected chi connectivity index (χ1v) is 5.25. The van der Waals surface area contributed by atoms with Gasteiger partial charge in [0.25, 0.3) is 0 Å². The van der Waals surface area contributed by atoms with Gasteiger partial charge >= 0.3 is 0 Å². The normalized spacial score (nSPS) is 10.3. The van der Waals surface area contributed by atoms with Crippen molar-refractivity contribution in [2.75, 3.05) is 7.11 Å². The number of rotatable bonds is 3. The Labute approximate surface area is 102 Å². The molecule has 1 aromatic rings. The van der Waals surface area contributed by atoms with Crippen molar-refractivity contribution in [3.05, 3.63) is 28.2 Å². The monoisotopic (exact) mass is 287 g/mol. The van der Waals surface area contributed by atoms with Crippen LogP contribution in [-0.2, 0) is 0 Å². The number of hydrogen-bond donors (Lipinski definition) is 2. The Kier molecular flexibility index (Phi) is 4.51. The van der Waals surface area contributed by atoms with E-state index in [1.807, 2.05) is 18.2 Å². The molecule has 0 radical (unpaired) electrons. The van der Waals surface area contributed by atoms with Crippen LogP contribution in [0.2, 0.25) is 0 Å². The van der Waals surface area contributed by atoms with Gasteiger partial charge < -0.3 is 10.5 Å². The fourth-order valence-corrected chi connectivity index (χ4v) is 1.40. The first kappa shape index (κ1) is 11.9. The number of ether oxygens (including phenoxy) is 1. The number of halogens is 1. The quantitative estimate of drug-likeness (QED) is 0.504. The number of nitrogens with zero attached hydrogens (tertiary/aromatic N) is 1. The maximum absolute atomic E-state index is 5.22. The van der Waals surface area contributed by atoms with Crippen molar-refractivity contribution in [1.82, 2.24) is 5.43 Å². The molecular formula is C9H10BrN3OS. The molecule has 0 spiro atoms. The van der Waals surface area contributed by atoms with E-state index in [4.69, 9.17) is 10.5 Å². The van der Waals surface area contributed by atoms with E-state index >= 15 is 0 Å². The van der Waals surface area contributed by atoms with Crippen LogP contribution < -0.4 is 15.9 Å². The molecule has 0 aliphatic carbocycles. The molecule has 0 bridgehead atoms. The Hall–Kier alpha value is -1.14. The van der Waals surface area contributed by atoms with Gasteiger partial charge in [0.1, 0.15) is 5.75 Å². The third-order valence-electron chi connectivity index (χ3n) is 1.57. The third kappa shape index (κ3) is 3.85. The minimum atomic E-state index is 0.125. The molecule has 0 aliphatic heterocycles. The zero-order valence-corrected chi connectivity index (χ0v) is 10.4. The summed E-state index contributed by atoms with van der Waals surface area (Å²) in [5, 5.41) is 3.97. The van der Waals surface area contributed by atoms with Crippen LogP contribution in [0.1, 0.15) is 5.56 Å². The van der Waals surface area contributed by atoms with Crippen molar-refractivity contribution in [2.24, 2.45) is 10.8 Å². The minimum absolute atomic E-state index is 0.125. The van der Waals surface area contributed by atoms with E-state index < -0.39 is 0 Å². The molecule has 80 valence electrons. The fourth-order valence-electron chi connectivity index (χ4n) is 0.972. The van der Waals surface area contributed by atoms with E-state index in [2.05, 4.69) is 38.7 Å². The highest BCUT2D eigenvalue weighted by molar-refractivity contribution is 9.10. The molecule has 4 nitrogen and oxygen atoms in total. The van der Waals surface area contributed by atoms with Crippen molar-refractivity contribution >= 4 is 39.5 Å². The molecule has 6 heteroatoms. The van der Waals surface area contributed by atoms with Crippen LogP contribution in [-0.4, -0.2) is 18.4 Å². The number of nitrogens with one attached hydrogen (secondary N) is 1. The maximum Gasteiger partial charge on any atom is 0.184 e. The third-order valence-corrected chi connectivity index (χ3v) is 2.15. The van der Waals surface area contributed by atoms with E-state index in [0.717, 1.165) is 15.8 Å². The van der Waals surface area contributed by atoms with Crippen LogP contribution >= 0.6 is 28.1 Å². The molecule has 1 aromatic carbocycles. The van der Waals surface area contributed by atoms with Crippen molar-refractivity contribution in [3.63, 3.8) is 0 Å². The topological polar surface area (TPSA) is 59.6 Å². The van der Waals surface area contributed by atoms with E-state index in [1.54, 1.807) is 13.3 Å². The number of benzene rings is 1. The molecule has 3 N–H and O–H groups in total. The van der Waals surface area contributed by atoms with Crippen LogP contribution in [0.25, 0.3) is 0 Å². The Morgan fingerprint density at radius 1 is 1.67 bits per heavy atom. The van der Waals surface area contributed by atoms with E-state index in [-0.39, 0.29) is 5.11 Å². The molecular weight excluding hydrogens is 278 g/mol. The number of thiocarbonyl (C=S) groups is 1. The average Bonchev–Trinajstić information content (AvgIpc) is 2.17. The molecule has 0 fully saturated rings. The molecule has 0 heterocycles.